The van der Waals surface area contributed by atoms with Crippen molar-refractivity contribution in [3.8, 4) is 11.6 Å². The second-order valence-electron chi connectivity index (χ2n) is 6.90. The van der Waals surface area contributed by atoms with Gasteiger partial charge in [0, 0.05) is 17.0 Å². The summed E-state index contributed by atoms with van der Waals surface area (Å²) in [6.45, 7) is 1.99. The summed E-state index contributed by atoms with van der Waals surface area (Å²) in [5.74, 6) is -0.727. The highest BCUT2D eigenvalue weighted by molar-refractivity contribution is 6.33. The molecule has 0 radical (unpaired) electrons. The zero-order valence-corrected chi connectivity index (χ0v) is 17.9. The number of fused-ring (bicyclic) bond motifs is 1. The van der Waals surface area contributed by atoms with Crippen LogP contribution in [0.4, 0.5) is 5.69 Å². The van der Waals surface area contributed by atoms with Crippen LogP contribution in [-0.4, -0.2) is 28.5 Å². The van der Waals surface area contributed by atoms with Gasteiger partial charge in [-0.05, 0) is 49.4 Å². The van der Waals surface area contributed by atoms with Gasteiger partial charge >= 0.3 is 5.97 Å². The first kappa shape index (κ1) is 21.3. The maximum atomic E-state index is 13.2. The van der Waals surface area contributed by atoms with Crippen LogP contribution in [0.2, 0.25) is 5.02 Å². The van der Waals surface area contributed by atoms with Gasteiger partial charge in [-0.2, -0.15) is 0 Å². The van der Waals surface area contributed by atoms with Crippen LogP contribution in [0.15, 0.2) is 82.6 Å². The molecule has 7 heteroatoms. The summed E-state index contributed by atoms with van der Waals surface area (Å²) in [4.78, 5) is 29.5. The van der Waals surface area contributed by atoms with E-state index in [-0.39, 0.29) is 12.5 Å². The van der Waals surface area contributed by atoms with Gasteiger partial charge in [-0.25, -0.2) is 9.36 Å². The summed E-state index contributed by atoms with van der Waals surface area (Å²) < 4.78 is 6.18. The maximum absolute atomic E-state index is 13.2. The monoisotopic (exact) mass is 446 g/mol. The number of halogens is 1. The van der Waals surface area contributed by atoms with Gasteiger partial charge in [0.2, 0.25) is 5.88 Å². The number of benzene rings is 3. The van der Waals surface area contributed by atoms with Crippen LogP contribution in [-0.2, 0) is 4.74 Å². The highest BCUT2D eigenvalue weighted by Crippen LogP contribution is 2.28. The van der Waals surface area contributed by atoms with Gasteiger partial charge in [-0.15, -0.1) is 0 Å². The molecular weight excluding hydrogens is 428 g/mol. The lowest BCUT2D eigenvalue weighted by Crippen LogP contribution is -2.20. The van der Waals surface area contributed by atoms with Crippen LogP contribution in [0, 0.1) is 0 Å². The number of ether oxygens (including phenoxy) is 1. The Kier molecular flexibility index (Phi) is 6.05. The molecule has 0 aliphatic rings. The molecule has 160 valence electrons. The molecule has 1 aromatic heterocycles. The predicted octanol–water partition coefficient (Wildman–Crippen LogP) is 5.28. The summed E-state index contributed by atoms with van der Waals surface area (Å²) in [7, 11) is 0. The summed E-state index contributed by atoms with van der Waals surface area (Å²) in [6.07, 6.45) is 1.49. The SMILES string of the molecule is CCOC(=O)c1ccc(-n2c(O)c(C=Nc3ccccc3Cl)c3ccccc3c2=O)cc1. The van der Waals surface area contributed by atoms with E-state index in [1.54, 1.807) is 73.7 Å². The average Bonchev–Trinajstić information content (AvgIpc) is 2.81. The number of pyridine rings is 1. The molecule has 0 saturated carbocycles. The minimum Gasteiger partial charge on any atom is -0.494 e. The number of para-hydroxylation sites is 1. The fourth-order valence-electron chi connectivity index (χ4n) is 3.38. The summed E-state index contributed by atoms with van der Waals surface area (Å²) in [5.41, 5.74) is 1.27. The lowest BCUT2D eigenvalue weighted by atomic mass is 10.1. The second-order valence-corrected chi connectivity index (χ2v) is 7.31. The van der Waals surface area contributed by atoms with Crippen molar-refractivity contribution in [1.82, 2.24) is 4.57 Å². The van der Waals surface area contributed by atoms with Crippen LogP contribution < -0.4 is 5.56 Å². The average molecular weight is 447 g/mol. The van der Waals surface area contributed by atoms with E-state index in [1.807, 2.05) is 6.07 Å². The molecule has 0 spiro atoms. The second kappa shape index (κ2) is 9.08. The maximum Gasteiger partial charge on any atom is 0.338 e. The molecule has 3 aromatic carbocycles. The first-order chi connectivity index (χ1) is 15.5. The fourth-order valence-corrected chi connectivity index (χ4v) is 3.56. The van der Waals surface area contributed by atoms with Crippen molar-refractivity contribution < 1.29 is 14.6 Å². The van der Waals surface area contributed by atoms with Gasteiger partial charge in [0.15, 0.2) is 0 Å². The Labute approximate surface area is 189 Å². The van der Waals surface area contributed by atoms with Crippen molar-refractivity contribution >= 4 is 40.2 Å². The molecule has 4 rings (SSSR count). The van der Waals surface area contributed by atoms with Gasteiger partial charge in [-0.3, -0.25) is 9.79 Å². The van der Waals surface area contributed by atoms with E-state index in [4.69, 9.17) is 16.3 Å². The van der Waals surface area contributed by atoms with E-state index >= 15 is 0 Å². The van der Waals surface area contributed by atoms with E-state index in [1.165, 1.54) is 10.8 Å². The van der Waals surface area contributed by atoms with Crippen LogP contribution in [0.1, 0.15) is 22.8 Å². The summed E-state index contributed by atoms with van der Waals surface area (Å²) in [6, 6.07) is 20.3. The molecule has 0 aliphatic carbocycles. The van der Waals surface area contributed by atoms with Crippen LogP contribution in [0.25, 0.3) is 16.5 Å². The van der Waals surface area contributed by atoms with Gasteiger partial charge in [0.05, 0.1) is 34.1 Å². The van der Waals surface area contributed by atoms with Crippen molar-refractivity contribution in [3.63, 3.8) is 0 Å². The molecule has 0 unspecified atom stereocenters. The van der Waals surface area contributed by atoms with E-state index in [0.29, 0.717) is 38.3 Å². The van der Waals surface area contributed by atoms with E-state index in [0.717, 1.165) is 0 Å². The number of aliphatic imine (C=N–C) groups is 1. The third-order valence-electron chi connectivity index (χ3n) is 4.93. The molecule has 1 heterocycles. The number of hydrogen-bond donors (Lipinski definition) is 1. The minimum atomic E-state index is -0.457. The van der Waals surface area contributed by atoms with Gasteiger partial charge in [0.1, 0.15) is 0 Å². The van der Waals surface area contributed by atoms with Gasteiger partial charge in [0.25, 0.3) is 5.56 Å². The van der Waals surface area contributed by atoms with Crippen LogP contribution >= 0.6 is 11.6 Å². The third-order valence-corrected chi connectivity index (χ3v) is 5.24. The van der Waals surface area contributed by atoms with Crippen molar-refractivity contribution in [2.75, 3.05) is 6.61 Å². The summed E-state index contributed by atoms with van der Waals surface area (Å²) >= 11 is 6.19. The zero-order valence-electron chi connectivity index (χ0n) is 17.2. The number of carbonyl (C=O) groups is 1. The lowest BCUT2D eigenvalue weighted by Gasteiger charge is -2.14. The number of carbonyl (C=O) groups excluding carboxylic acids is 1. The molecule has 0 bridgehead atoms. The van der Waals surface area contributed by atoms with Crippen LogP contribution in [0.3, 0.4) is 0 Å². The highest BCUT2D eigenvalue weighted by Gasteiger charge is 2.17. The number of rotatable bonds is 5. The topological polar surface area (TPSA) is 80.9 Å². The smallest absolute Gasteiger partial charge is 0.338 e. The Morgan fingerprint density at radius 3 is 2.38 bits per heavy atom. The molecule has 0 fully saturated rings. The van der Waals surface area contributed by atoms with E-state index in [9.17, 15) is 14.7 Å². The Bertz CT molecular complexity index is 1390. The lowest BCUT2D eigenvalue weighted by molar-refractivity contribution is 0.0526. The highest BCUT2D eigenvalue weighted by atomic mass is 35.5. The first-order valence-corrected chi connectivity index (χ1v) is 10.3. The zero-order chi connectivity index (χ0) is 22.7. The van der Waals surface area contributed by atoms with Crippen molar-refractivity contribution in [3.05, 3.63) is 99.3 Å². The molecule has 0 atom stereocenters. The Morgan fingerprint density at radius 2 is 1.69 bits per heavy atom. The number of hydrogen-bond acceptors (Lipinski definition) is 5. The van der Waals surface area contributed by atoms with E-state index in [2.05, 4.69) is 4.99 Å². The molecule has 0 aliphatic heterocycles. The molecule has 4 aromatic rings. The third kappa shape index (κ3) is 4.00. The standard InChI is InChI=1S/C25H19ClN2O4/c1-2-32-25(31)16-11-13-17(14-12-16)28-23(29)19-8-4-3-7-18(19)20(24(28)30)15-27-22-10-6-5-9-21(22)26/h3-15,30H,2H2,1H3. The largest absolute Gasteiger partial charge is 0.494 e. The van der Waals surface area contributed by atoms with E-state index < -0.39 is 11.5 Å². The molecule has 0 saturated heterocycles. The normalized spacial score (nSPS) is 11.2. The molecule has 6 nitrogen and oxygen atoms in total. The minimum absolute atomic E-state index is 0.264. The number of aromatic hydroxyl groups is 1. The van der Waals surface area contributed by atoms with Gasteiger partial charge < -0.3 is 9.84 Å². The van der Waals surface area contributed by atoms with Gasteiger partial charge in [-0.1, -0.05) is 41.9 Å². The number of nitrogens with zero attached hydrogens (tertiary/aromatic N) is 2. The first-order valence-electron chi connectivity index (χ1n) is 9.94. The molecular formula is C25H19ClN2O4. The Hall–Kier alpha value is -3.90. The Morgan fingerprint density at radius 1 is 1.03 bits per heavy atom. The van der Waals surface area contributed by atoms with Crippen molar-refractivity contribution in [2.45, 2.75) is 6.92 Å². The predicted molar refractivity (Wildman–Crippen MR) is 126 cm³/mol. The fraction of sp³-hybridized carbons (Fsp3) is 0.0800. The number of esters is 1. The van der Waals surface area contributed by atoms with Crippen LogP contribution in [0.5, 0.6) is 5.88 Å². The quantitative estimate of drug-likeness (QED) is 0.334. The summed E-state index contributed by atoms with van der Waals surface area (Å²) in [5, 5.41) is 12.5. The molecule has 0 amide bonds. The molecule has 32 heavy (non-hydrogen) atoms. The van der Waals surface area contributed by atoms with Crippen molar-refractivity contribution in [1.29, 1.82) is 0 Å². The Balaban J connectivity index is 1.88. The van der Waals surface area contributed by atoms with Crippen molar-refractivity contribution in [2.24, 2.45) is 4.99 Å². The number of aromatic nitrogens is 1. The molecule has 1 N–H and O–H groups in total.